The van der Waals surface area contributed by atoms with Crippen LogP contribution in [-0.4, -0.2) is 101 Å². The summed E-state index contributed by atoms with van der Waals surface area (Å²) in [6.07, 6.45) is 0. The standard InChI is InChI=1S/2C12H18N4.H2O4S/c2*13-12(14)16-8-6-15(7-9-16)10-11-4-2-1-3-5-11;1-5(2,3)4/h2*1-5H,6-10H2,(H3,13,14);(H2,1,2,3,4). The maximum atomic E-state index is 8.52. The van der Waals surface area contributed by atoms with E-state index in [0.29, 0.717) is 11.9 Å². The molecule has 0 saturated carbocycles. The molecule has 2 aliphatic heterocycles. The minimum atomic E-state index is -5.17. The molecule has 0 spiro atoms. The van der Waals surface area contributed by atoms with Crippen LogP contribution in [0.25, 0.3) is 0 Å². The second-order valence-electron chi connectivity index (χ2n) is 8.76. The molecular formula is C24H38N8O4S. The highest BCUT2D eigenvalue weighted by Crippen LogP contribution is 2.07. The smallest absolute Gasteiger partial charge is 0.341 e. The third-order valence-corrected chi connectivity index (χ3v) is 5.97. The monoisotopic (exact) mass is 534 g/mol. The Hall–Kier alpha value is -3.23. The molecule has 2 fully saturated rings. The minimum Gasteiger partial charge on any atom is -0.759 e. The van der Waals surface area contributed by atoms with Gasteiger partial charge in [0.2, 0.25) is 0 Å². The van der Waals surface area contributed by atoms with Gasteiger partial charge in [-0.05, 0) is 11.1 Å². The molecule has 2 aliphatic rings. The molecule has 0 aliphatic carbocycles. The Bertz CT molecular complexity index is 1020. The van der Waals surface area contributed by atoms with Gasteiger partial charge in [0.05, 0.1) is 26.2 Å². The van der Waals surface area contributed by atoms with Gasteiger partial charge in [0.1, 0.15) is 0 Å². The Morgan fingerprint density at radius 2 is 0.919 bits per heavy atom. The van der Waals surface area contributed by atoms with E-state index in [9.17, 15) is 0 Å². The zero-order chi connectivity index (χ0) is 27.3. The van der Waals surface area contributed by atoms with Crippen LogP contribution in [0.15, 0.2) is 60.7 Å². The predicted molar refractivity (Wildman–Crippen MR) is 141 cm³/mol. The van der Waals surface area contributed by atoms with Gasteiger partial charge in [-0.25, -0.2) is 0 Å². The summed E-state index contributed by atoms with van der Waals surface area (Å²) < 4.78 is 38.1. The van der Waals surface area contributed by atoms with E-state index in [4.69, 9.17) is 40.5 Å². The van der Waals surface area contributed by atoms with Gasteiger partial charge in [-0.1, -0.05) is 60.7 Å². The summed E-state index contributed by atoms with van der Waals surface area (Å²) in [5, 5.41) is 0. The SMILES string of the molecule is NC(N)=[N+]1CCN(Cc2ccccc2)CC1.NC(N)=[N+]1CCN(Cc2ccccc2)CC1.O=S(=O)([O-])[O-]. The van der Waals surface area contributed by atoms with E-state index in [0.717, 1.165) is 65.4 Å². The summed E-state index contributed by atoms with van der Waals surface area (Å²) in [5.41, 5.74) is 25.0. The predicted octanol–water partition coefficient (Wildman–Crippen LogP) is -1.76. The van der Waals surface area contributed by atoms with Crippen molar-refractivity contribution in [2.45, 2.75) is 13.1 Å². The van der Waals surface area contributed by atoms with E-state index in [1.54, 1.807) is 0 Å². The molecule has 0 aromatic heterocycles. The van der Waals surface area contributed by atoms with Crippen molar-refractivity contribution in [1.82, 2.24) is 9.80 Å². The fourth-order valence-corrected chi connectivity index (χ4v) is 4.01. The first-order valence-electron chi connectivity index (χ1n) is 12.0. The molecule has 0 bridgehead atoms. The maximum absolute atomic E-state index is 8.52. The lowest BCUT2D eigenvalue weighted by molar-refractivity contribution is -0.542. The van der Waals surface area contributed by atoms with Crippen molar-refractivity contribution in [3.8, 4) is 0 Å². The highest BCUT2D eigenvalue weighted by Gasteiger charge is 2.17. The van der Waals surface area contributed by atoms with Crippen LogP contribution in [0.3, 0.4) is 0 Å². The van der Waals surface area contributed by atoms with E-state index in [1.165, 1.54) is 11.1 Å². The highest BCUT2D eigenvalue weighted by atomic mass is 32.3. The van der Waals surface area contributed by atoms with Crippen molar-refractivity contribution in [3.63, 3.8) is 0 Å². The fourth-order valence-electron chi connectivity index (χ4n) is 4.01. The molecule has 13 heteroatoms. The van der Waals surface area contributed by atoms with Crippen LogP contribution in [0.2, 0.25) is 0 Å². The highest BCUT2D eigenvalue weighted by molar-refractivity contribution is 7.79. The molecule has 2 aromatic rings. The van der Waals surface area contributed by atoms with Gasteiger partial charge in [-0.3, -0.25) is 50.3 Å². The minimum absolute atomic E-state index is 0.444. The van der Waals surface area contributed by atoms with Crippen LogP contribution in [-0.2, 0) is 23.5 Å². The van der Waals surface area contributed by atoms with Crippen LogP contribution in [0.1, 0.15) is 11.1 Å². The van der Waals surface area contributed by atoms with Crippen molar-refractivity contribution < 1.29 is 26.7 Å². The third kappa shape index (κ3) is 13.0. The lowest BCUT2D eigenvalue weighted by atomic mass is 10.2. The van der Waals surface area contributed by atoms with Gasteiger partial charge in [-0.2, -0.15) is 0 Å². The van der Waals surface area contributed by atoms with Crippen LogP contribution in [0.4, 0.5) is 0 Å². The van der Waals surface area contributed by atoms with E-state index in [2.05, 4.69) is 58.3 Å². The average molecular weight is 535 g/mol. The molecule has 0 atom stereocenters. The molecule has 2 heterocycles. The zero-order valence-electron chi connectivity index (χ0n) is 21.0. The topological polar surface area (TPSA) is 197 Å². The number of hydrogen-bond donors (Lipinski definition) is 4. The summed E-state index contributed by atoms with van der Waals surface area (Å²) in [6.45, 7) is 9.81. The summed E-state index contributed by atoms with van der Waals surface area (Å²) in [6, 6.07) is 21.1. The van der Waals surface area contributed by atoms with E-state index in [1.807, 2.05) is 21.3 Å². The number of piperazine rings is 2. The molecule has 37 heavy (non-hydrogen) atoms. The Morgan fingerprint density at radius 1 is 0.649 bits per heavy atom. The number of benzene rings is 2. The molecular weight excluding hydrogens is 496 g/mol. The van der Waals surface area contributed by atoms with Crippen LogP contribution in [0.5, 0.6) is 0 Å². The summed E-state index contributed by atoms with van der Waals surface area (Å²) >= 11 is 0. The van der Waals surface area contributed by atoms with Gasteiger partial charge in [0.25, 0.3) is 0 Å². The molecule has 8 N–H and O–H groups in total. The second-order valence-corrected chi connectivity index (χ2v) is 9.57. The Balaban J connectivity index is 0.000000221. The number of rotatable bonds is 4. The molecule has 4 rings (SSSR count). The van der Waals surface area contributed by atoms with Crippen molar-refractivity contribution in [2.24, 2.45) is 22.9 Å². The van der Waals surface area contributed by atoms with Crippen molar-refractivity contribution in [2.75, 3.05) is 52.4 Å². The van der Waals surface area contributed by atoms with Crippen LogP contribution < -0.4 is 22.9 Å². The second kappa shape index (κ2) is 15.1. The lowest BCUT2D eigenvalue weighted by Crippen LogP contribution is -2.47. The lowest BCUT2D eigenvalue weighted by Gasteiger charge is -2.27. The number of nitrogens with zero attached hydrogens (tertiary/aromatic N) is 4. The van der Waals surface area contributed by atoms with Crippen molar-refractivity contribution >= 4 is 22.3 Å². The van der Waals surface area contributed by atoms with Crippen LogP contribution >= 0.6 is 0 Å². The summed E-state index contributed by atoms with van der Waals surface area (Å²) in [5.74, 6) is 0.888. The molecule has 12 nitrogen and oxygen atoms in total. The first kappa shape index (κ1) is 30.0. The first-order valence-corrected chi connectivity index (χ1v) is 13.3. The number of guanidine groups is 2. The molecule has 0 radical (unpaired) electrons. The molecule has 0 unspecified atom stereocenters. The van der Waals surface area contributed by atoms with Gasteiger partial charge in [0.15, 0.2) is 0 Å². The van der Waals surface area contributed by atoms with Gasteiger partial charge < -0.3 is 9.11 Å². The molecule has 2 saturated heterocycles. The quantitative estimate of drug-likeness (QED) is 0.151. The van der Waals surface area contributed by atoms with Gasteiger partial charge >= 0.3 is 11.9 Å². The number of hydrogen-bond acceptors (Lipinski definition) is 6. The Kier molecular flexibility index (Phi) is 12.3. The van der Waals surface area contributed by atoms with E-state index < -0.39 is 10.4 Å². The van der Waals surface area contributed by atoms with E-state index in [-0.39, 0.29) is 0 Å². The summed E-state index contributed by atoms with van der Waals surface area (Å²) in [4.78, 5) is 4.85. The molecule has 204 valence electrons. The molecule has 2 aromatic carbocycles. The normalized spacial score (nSPS) is 16.6. The fraction of sp³-hybridized carbons (Fsp3) is 0.417. The Labute approximate surface area is 219 Å². The largest absolute Gasteiger partial charge is 0.759 e. The Morgan fingerprint density at radius 3 is 1.16 bits per heavy atom. The molecule has 0 amide bonds. The summed E-state index contributed by atoms with van der Waals surface area (Å²) in [7, 11) is -5.17. The van der Waals surface area contributed by atoms with E-state index >= 15 is 0 Å². The zero-order valence-corrected chi connectivity index (χ0v) is 21.8. The maximum Gasteiger partial charge on any atom is 0.341 e. The van der Waals surface area contributed by atoms with Crippen molar-refractivity contribution in [1.29, 1.82) is 0 Å². The third-order valence-electron chi connectivity index (χ3n) is 5.97. The van der Waals surface area contributed by atoms with Crippen molar-refractivity contribution in [3.05, 3.63) is 71.8 Å². The number of nitrogens with two attached hydrogens (primary N) is 4. The average Bonchev–Trinajstić information content (AvgIpc) is 2.85. The van der Waals surface area contributed by atoms with Crippen LogP contribution in [0, 0.1) is 0 Å². The van der Waals surface area contributed by atoms with Gasteiger partial charge in [-0.15, -0.1) is 0 Å². The first-order chi connectivity index (χ1) is 17.5. The van der Waals surface area contributed by atoms with Gasteiger partial charge in [0, 0.05) is 49.7 Å².